The van der Waals surface area contributed by atoms with Gasteiger partial charge < -0.3 is 9.64 Å². The molecule has 6 nitrogen and oxygen atoms in total. The largest absolute Gasteiger partial charge is 0.365 e. The first-order valence-corrected chi connectivity index (χ1v) is 9.15. The van der Waals surface area contributed by atoms with E-state index >= 15 is 0 Å². The number of halogens is 1. The molecule has 2 atom stereocenters. The van der Waals surface area contributed by atoms with Crippen LogP contribution >= 0.6 is 0 Å². The third-order valence-electron chi connectivity index (χ3n) is 4.35. The molecular formula is C15H19FN2O4S. The summed E-state index contributed by atoms with van der Waals surface area (Å²) in [6, 6.07) is 5.73. The van der Waals surface area contributed by atoms with E-state index in [9.17, 15) is 17.6 Å². The van der Waals surface area contributed by atoms with Crippen LogP contribution in [0.25, 0.3) is 0 Å². The number of amides is 1. The first-order valence-electron chi connectivity index (χ1n) is 7.54. The molecule has 3 rings (SSSR count). The fraction of sp³-hybridized carbons (Fsp3) is 0.533. The molecule has 8 heteroatoms. The van der Waals surface area contributed by atoms with Crippen LogP contribution in [-0.2, 0) is 26.1 Å². The lowest BCUT2D eigenvalue weighted by Crippen LogP contribution is -2.53. The lowest BCUT2D eigenvalue weighted by atomic mass is 10.1. The molecule has 0 radical (unpaired) electrons. The van der Waals surface area contributed by atoms with Crippen LogP contribution in [0, 0.1) is 5.82 Å². The van der Waals surface area contributed by atoms with E-state index in [2.05, 4.69) is 0 Å². The minimum absolute atomic E-state index is 0.0181. The number of hydrogen-bond donors (Lipinski definition) is 0. The molecular weight excluding hydrogens is 323 g/mol. The van der Waals surface area contributed by atoms with Crippen LogP contribution in [0.4, 0.5) is 4.39 Å². The van der Waals surface area contributed by atoms with Gasteiger partial charge in [-0.15, -0.1) is 0 Å². The summed E-state index contributed by atoms with van der Waals surface area (Å²) in [6.07, 6.45) is -0.331. The monoisotopic (exact) mass is 342 g/mol. The number of rotatable bonds is 4. The molecule has 23 heavy (non-hydrogen) atoms. The lowest BCUT2D eigenvalue weighted by Gasteiger charge is -2.36. The SMILES string of the molecule is CCS(=O)(=O)N1C[C@@H]2OCC(=O)N(Cc3cccc(F)c3)[C@H]2C1. The summed E-state index contributed by atoms with van der Waals surface area (Å²) in [5.41, 5.74) is 0.677. The highest BCUT2D eigenvalue weighted by Gasteiger charge is 2.46. The molecule has 0 saturated carbocycles. The van der Waals surface area contributed by atoms with E-state index in [1.807, 2.05) is 0 Å². The van der Waals surface area contributed by atoms with Crippen molar-refractivity contribution in [3.05, 3.63) is 35.6 Å². The molecule has 2 aliphatic rings. The van der Waals surface area contributed by atoms with Gasteiger partial charge in [0.15, 0.2) is 0 Å². The number of morpholine rings is 1. The zero-order valence-electron chi connectivity index (χ0n) is 12.8. The van der Waals surface area contributed by atoms with Crippen molar-refractivity contribution < 1.29 is 22.3 Å². The Labute approximate surface area is 134 Å². The summed E-state index contributed by atoms with van der Waals surface area (Å²) in [5.74, 6) is -0.544. The Morgan fingerprint density at radius 2 is 2.13 bits per heavy atom. The minimum atomic E-state index is -3.32. The minimum Gasteiger partial charge on any atom is -0.365 e. The summed E-state index contributed by atoms with van der Waals surface area (Å²) in [5, 5.41) is 0. The molecule has 1 aromatic rings. The van der Waals surface area contributed by atoms with Crippen molar-refractivity contribution >= 4 is 15.9 Å². The van der Waals surface area contributed by atoms with Crippen LogP contribution in [0.2, 0.25) is 0 Å². The van der Waals surface area contributed by atoms with Crippen molar-refractivity contribution in [3.63, 3.8) is 0 Å². The number of hydrogen-bond acceptors (Lipinski definition) is 4. The number of nitrogens with zero attached hydrogens (tertiary/aromatic N) is 2. The van der Waals surface area contributed by atoms with Gasteiger partial charge in [0.25, 0.3) is 0 Å². The van der Waals surface area contributed by atoms with Crippen molar-refractivity contribution in [2.45, 2.75) is 25.6 Å². The molecule has 1 aromatic carbocycles. The van der Waals surface area contributed by atoms with Gasteiger partial charge in [-0.1, -0.05) is 12.1 Å². The van der Waals surface area contributed by atoms with Crippen LogP contribution in [-0.4, -0.2) is 61.1 Å². The standard InChI is InChI=1S/C15H19FN2O4S/c1-2-23(20,21)17-8-13-14(9-17)22-10-15(19)18(13)7-11-4-3-5-12(16)6-11/h3-6,13-14H,2,7-10H2,1H3/t13-,14-/m0/s1. The normalized spacial score (nSPS) is 25.7. The first-order chi connectivity index (χ1) is 10.9. The van der Waals surface area contributed by atoms with Gasteiger partial charge in [-0.25, -0.2) is 12.8 Å². The van der Waals surface area contributed by atoms with Crippen molar-refractivity contribution in [1.82, 2.24) is 9.21 Å². The van der Waals surface area contributed by atoms with E-state index in [4.69, 9.17) is 4.74 Å². The van der Waals surface area contributed by atoms with Crippen LogP contribution in [0.3, 0.4) is 0 Å². The molecule has 0 aromatic heterocycles. The smallest absolute Gasteiger partial charge is 0.249 e. The van der Waals surface area contributed by atoms with Crippen LogP contribution in [0.5, 0.6) is 0 Å². The quantitative estimate of drug-likeness (QED) is 0.803. The van der Waals surface area contributed by atoms with Gasteiger partial charge in [0.2, 0.25) is 15.9 Å². The van der Waals surface area contributed by atoms with E-state index in [1.165, 1.54) is 16.4 Å². The van der Waals surface area contributed by atoms with E-state index in [0.717, 1.165) is 0 Å². The Balaban J connectivity index is 1.81. The molecule has 2 fully saturated rings. The highest BCUT2D eigenvalue weighted by atomic mass is 32.2. The van der Waals surface area contributed by atoms with Crippen molar-refractivity contribution in [1.29, 1.82) is 0 Å². The van der Waals surface area contributed by atoms with Crippen molar-refractivity contribution in [3.8, 4) is 0 Å². The number of fused-ring (bicyclic) bond motifs is 1. The Kier molecular flexibility index (Phi) is 4.39. The molecule has 126 valence electrons. The molecule has 0 bridgehead atoms. The fourth-order valence-corrected chi connectivity index (χ4v) is 4.20. The van der Waals surface area contributed by atoms with Gasteiger partial charge in [0.1, 0.15) is 12.4 Å². The molecule has 2 heterocycles. The van der Waals surface area contributed by atoms with Crippen LogP contribution in [0.15, 0.2) is 24.3 Å². The maximum Gasteiger partial charge on any atom is 0.249 e. The van der Waals surface area contributed by atoms with Gasteiger partial charge in [-0.2, -0.15) is 4.31 Å². The fourth-order valence-electron chi connectivity index (χ4n) is 3.08. The predicted molar refractivity (Wildman–Crippen MR) is 81.5 cm³/mol. The number of ether oxygens (including phenoxy) is 1. The van der Waals surface area contributed by atoms with Crippen molar-refractivity contribution in [2.24, 2.45) is 0 Å². The molecule has 1 amide bonds. The molecule has 0 N–H and O–H groups in total. The number of benzene rings is 1. The van der Waals surface area contributed by atoms with E-state index in [-0.39, 0.29) is 55.9 Å². The van der Waals surface area contributed by atoms with Crippen LogP contribution in [0.1, 0.15) is 12.5 Å². The van der Waals surface area contributed by atoms with Gasteiger partial charge >= 0.3 is 0 Å². The van der Waals surface area contributed by atoms with Crippen molar-refractivity contribution in [2.75, 3.05) is 25.4 Å². The van der Waals surface area contributed by atoms with Gasteiger partial charge in [0.05, 0.1) is 17.9 Å². The maximum absolute atomic E-state index is 13.3. The molecule has 0 aliphatic carbocycles. The molecule has 2 aliphatic heterocycles. The number of carbonyl (C=O) groups excluding carboxylic acids is 1. The van der Waals surface area contributed by atoms with E-state index in [0.29, 0.717) is 5.56 Å². The zero-order valence-corrected chi connectivity index (χ0v) is 13.6. The Bertz CT molecular complexity index is 709. The average molecular weight is 342 g/mol. The number of sulfonamides is 1. The average Bonchev–Trinajstić information content (AvgIpc) is 2.95. The van der Waals surface area contributed by atoms with Gasteiger partial charge in [0, 0.05) is 19.6 Å². The Morgan fingerprint density at radius 1 is 1.35 bits per heavy atom. The highest BCUT2D eigenvalue weighted by molar-refractivity contribution is 7.89. The highest BCUT2D eigenvalue weighted by Crippen LogP contribution is 2.27. The summed E-state index contributed by atoms with van der Waals surface area (Å²) >= 11 is 0. The first kappa shape index (κ1) is 16.4. The third-order valence-corrected chi connectivity index (χ3v) is 6.16. The van der Waals surface area contributed by atoms with E-state index in [1.54, 1.807) is 24.0 Å². The van der Waals surface area contributed by atoms with Gasteiger partial charge in [-0.05, 0) is 24.6 Å². The topological polar surface area (TPSA) is 66.9 Å². The summed E-state index contributed by atoms with van der Waals surface area (Å²) < 4.78 is 44.3. The van der Waals surface area contributed by atoms with E-state index < -0.39 is 10.0 Å². The Hall–Kier alpha value is -1.51. The second kappa shape index (κ2) is 6.18. The number of carbonyl (C=O) groups is 1. The van der Waals surface area contributed by atoms with Gasteiger partial charge in [-0.3, -0.25) is 4.79 Å². The molecule has 2 saturated heterocycles. The molecule has 0 spiro atoms. The maximum atomic E-state index is 13.3. The summed E-state index contributed by atoms with van der Waals surface area (Å²) in [7, 11) is -3.32. The summed E-state index contributed by atoms with van der Waals surface area (Å²) in [4.78, 5) is 13.8. The lowest BCUT2D eigenvalue weighted by molar-refractivity contribution is -0.153. The predicted octanol–water partition coefficient (Wildman–Crippen LogP) is 0.587. The molecule has 0 unspecified atom stereocenters. The summed E-state index contributed by atoms with van der Waals surface area (Å²) in [6.45, 7) is 2.25. The third kappa shape index (κ3) is 3.24. The second-order valence-corrected chi connectivity index (χ2v) is 8.04. The zero-order chi connectivity index (χ0) is 16.6. The second-order valence-electron chi connectivity index (χ2n) is 5.79. The van der Waals surface area contributed by atoms with Crippen LogP contribution < -0.4 is 0 Å². The Morgan fingerprint density at radius 3 is 2.83 bits per heavy atom.